The Labute approximate surface area is 187 Å². The van der Waals surface area contributed by atoms with Crippen LogP contribution in [0.3, 0.4) is 0 Å². The summed E-state index contributed by atoms with van der Waals surface area (Å²) >= 11 is 0. The average molecular weight is 438 g/mol. The van der Waals surface area contributed by atoms with E-state index in [0.717, 1.165) is 11.3 Å². The molecule has 32 heavy (non-hydrogen) atoms. The molecule has 0 aliphatic carbocycles. The van der Waals surface area contributed by atoms with Crippen molar-refractivity contribution in [3.8, 4) is 17.2 Å². The number of benzene rings is 3. The topological polar surface area (TPSA) is 82.8 Å². The number of hydrogen-bond donors (Lipinski definition) is 2. The van der Waals surface area contributed by atoms with Crippen LogP contribution in [0, 0.1) is 12.7 Å². The smallest absolute Gasteiger partial charge is 0.251 e. The first-order valence-corrected chi connectivity index (χ1v) is 10.4. The number of amides is 1. The van der Waals surface area contributed by atoms with Crippen LogP contribution in [0.25, 0.3) is 0 Å². The average Bonchev–Trinajstić information content (AvgIpc) is 2.77. The van der Waals surface area contributed by atoms with E-state index in [4.69, 9.17) is 19.9 Å². The number of anilines is 1. The molecule has 0 fully saturated rings. The lowest BCUT2D eigenvalue weighted by Gasteiger charge is -2.15. The van der Waals surface area contributed by atoms with Crippen LogP contribution in [0.2, 0.25) is 0 Å². The standard InChI is InChI=1S/C25H27FN2O4/c1-3-30-24-14-18(16-28-19-7-10-21(25(27)29)22(26)15-19)6-11-23(24)32-13-12-31-20-8-4-17(2)5-9-20/h4-11,14-15,28H,3,12-13,16H2,1-2H3,(H2,27,29). The highest BCUT2D eigenvalue weighted by Gasteiger charge is 2.10. The molecular formula is C25H27FN2O4. The van der Waals surface area contributed by atoms with Crippen molar-refractivity contribution in [3.63, 3.8) is 0 Å². The fourth-order valence-corrected chi connectivity index (χ4v) is 3.02. The summed E-state index contributed by atoms with van der Waals surface area (Å²) < 4.78 is 31.2. The van der Waals surface area contributed by atoms with Crippen LogP contribution in [-0.2, 0) is 6.54 Å². The molecule has 0 heterocycles. The van der Waals surface area contributed by atoms with Crippen molar-refractivity contribution in [1.29, 1.82) is 0 Å². The number of carbonyl (C=O) groups is 1. The minimum atomic E-state index is -0.796. The highest BCUT2D eigenvalue weighted by Crippen LogP contribution is 2.29. The maximum atomic E-state index is 13.9. The minimum Gasteiger partial charge on any atom is -0.490 e. The van der Waals surface area contributed by atoms with Gasteiger partial charge in [0.25, 0.3) is 5.91 Å². The van der Waals surface area contributed by atoms with E-state index < -0.39 is 11.7 Å². The molecule has 0 aliphatic rings. The normalized spacial score (nSPS) is 10.5. The second kappa shape index (κ2) is 11.0. The molecule has 3 aromatic carbocycles. The number of ether oxygens (including phenoxy) is 3. The summed E-state index contributed by atoms with van der Waals surface area (Å²) in [4.78, 5) is 11.2. The first kappa shape index (κ1) is 22.9. The monoisotopic (exact) mass is 438 g/mol. The molecule has 0 bridgehead atoms. The number of hydrogen-bond acceptors (Lipinski definition) is 5. The first-order chi connectivity index (χ1) is 15.5. The largest absolute Gasteiger partial charge is 0.490 e. The van der Waals surface area contributed by atoms with Gasteiger partial charge >= 0.3 is 0 Å². The summed E-state index contributed by atoms with van der Waals surface area (Å²) in [6, 6.07) is 17.7. The van der Waals surface area contributed by atoms with E-state index in [1.54, 1.807) is 6.07 Å². The van der Waals surface area contributed by atoms with Gasteiger partial charge in [-0.25, -0.2) is 4.39 Å². The van der Waals surface area contributed by atoms with Crippen molar-refractivity contribution < 1.29 is 23.4 Å². The van der Waals surface area contributed by atoms with E-state index in [9.17, 15) is 9.18 Å². The van der Waals surface area contributed by atoms with Crippen LogP contribution in [0.4, 0.5) is 10.1 Å². The van der Waals surface area contributed by atoms with Crippen molar-refractivity contribution in [2.75, 3.05) is 25.1 Å². The van der Waals surface area contributed by atoms with Crippen molar-refractivity contribution in [2.45, 2.75) is 20.4 Å². The molecule has 0 aromatic heterocycles. The van der Waals surface area contributed by atoms with Crippen molar-refractivity contribution in [1.82, 2.24) is 0 Å². The van der Waals surface area contributed by atoms with Crippen LogP contribution < -0.4 is 25.3 Å². The van der Waals surface area contributed by atoms with Crippen LogP contribution in [0.15, 0.2) is 60.7 Å². The highest BCUT2D eigenvalue weighted by molar-refractivity contribution is 5.93. The Kier molecular flexibility index (Phi) is 7.91. The molecule has 168 valence electrons. The molecular weight excluding hydrogens is 411 g/mol. The third-order valence-electron chi connectivity index (χ3n) is 4.67. The number of nitrogens with one attached hydrogen (secondary N) is 1. The van der Waals surface area contributed by atoms with E-state index in [1.807, 2.05) is 56.3 Å². The zero-order valence-corrected chi connectivity index (χ0v) is 18.2. The molecule has 3 aromatic rings. The van der Waals surface area contributed by atoms with Gasteiger partial charge in [0.15, 0.2) is 11.5 Å². The van der Waals surface area contributed by atoms with E-state index in [2.05, 4.69) is 5.32 Å². The van der Waals surface area contributed by atoms with Gasteiger partial charge in [-0.3, -0.25) is 4.79 Å². The second-order valence-electron chi connectivity index (χ2n) is 7.14. The number of halogens is 1. The van der Waals surface area contributed by atoms with Gasteiger partial charge in [0.1, 0.15) is 24.8 Å². The second-order valence-corrected chi connectivity index (χ2v) is 7.14. The maximum absolute atomic E-state index is 13.9. The molecule has 7 heteroatoms. The van der Waals surface area contributed by atoms with Gasteiger partial charge in [0.05, 0.1) is 12.2 Å². The lowest BCUT2D eigenvalue weighted by Crippen LogP contribution is -2.13. The maximum Gasteiger partial charge on any atom is 0.251 e. The van der Waals surface area contributed by atoms with E-state index in [1.165, 1.54) is 17.7 Å². The van der Waals surface area contributed by atoms with E-state index in [-0.39, 0.29) is 5.56 Å². The molecule has 0 atom stereocenters. The van der Waals surface area contributed by atoms with Crippen molar-refractivity contribution >= 4 is 11.6 Å². The summed E-state index contributed by atoms with van der Waals surface area (Å²) in [7, 11) is 0. The third-order valence-corrected chi connectivity index (χ3v) is 4.67. The Hall–Kier alpha value is -3.74. The third kappa shape index (κ3) is 6.38. The zero-order chi connectivity index (χ0) is 22.9. The lowest BCUT2D eigenvalue weighted by atomic mass is 10.1. The predicted octanol–water partition coefficient (Wildman–Crippen LogP) is 4.70. The first-order valence-electron chi connectivity index (χ1n) is 10.4. The number of nitrogens with two attached hydrogens (primary N) is 1. The molecule has 1 amide bonds. The summed E-state index contributed by atoms with van der Waals surface area (Å²) in [5, 5.41) is 3.12. The van der Waals surface area contributed by atoms with Crippen LogP contribution in [0.1, 0.15) is 28.4 Å². The van der Waals surface area contributed by atoms with Crippen molar-refractivity contribution in [3.05, 3.63) is 83.2 Å². The Bertz CT molecular complexity index is 1050. The molecule has 3 rings (SSSR count). The van der Waals surface area contributed by atoms with Crippen LogP contribution in [-0.4, -0.2) is 25.7 Å². The number of carbonyl (C=O) groups excluding carboxylic acids is 1. The zero-order valence-electron chi connectivity index (χ0n) is 18.2. The molecule has 6 nitrogen and oxygen atoms in total. The number of rotatable bonds is 11. The fourth-order valence-electron chi connectivity index (χ4n) is 3.02. The molecule has 0 saturated carbocycles. The van der Waals surface area contributed by atoms with Gasteiger partial charge in [-0.1, -0.05) is 23.8 Å². The molecule has 0 aliphatic heterocycles. The van der Waals surface area contributed by atoms with Gasteiger partial charge in [0, 0.05) is 12.2 Å². The highest BCUT2D eigenvalue weighted by atomic mass is 19.1. The SMILES string of the molecule is CCOc1cc(CNc2ccc(C(N)=O)c(F)c2)ccc1OCCOc1ccc(C)cc1. The summed E-state index contributed by atoms with van der Waals surface area (Å²) in [5.74, 6) is 0.590. The van der Waals surface area contributed by atoms with Crippen LogP contribution >= 0.6 is 0 Å². The van der Waals surface area contributed by atoms with Crippen molar-refractivity contribution in [2.24, 2.45) is 5.73 Å². The quantitative estimate of drug-likeness (QED) is 0.424. The van der Waals surface area contributed by atoms with Gasteiger partial charge in [-0.2, -0.15) is 0 Å². The van der Waals surface area contributed by atoms with Gasteiger partial charge in [-0.05, 0) is 61.9 Å². The van der Waals surface area contributed by atoms with Crippen LogP contribution in [0.5, 0.6) is 17.2 Å². The Balaban J connectivity index is 1.56. The molecule has 3 N–H and O–H groups in total. The Morgan fingerprint density at radius 3 is 2.38 bits per heavy atom. The molecule has 0 spiro atoms. The van der Waals surface area contributed by atoms with E-state index >= 15 is 0 Å². The summed E-state index contributed by atoms with van der Waals surface area (Å²) in [6.07, 6.45) is 0. The predicted molar refractivity (Wildman–Crippen MR) is 122 cm³/mol. The Morgan fingerprint density at radius 1 is 0.938 bits per heavy atom. The fraction of sp³-hybridized carbons (Fsp3) is 0.240. The molecule has 0 saturated heterocycles. The number of aryl methyl sites for hydroxylation is 1. The number of primary amides is 1. The van der Waals surface area contributed by atoms with Gasteiger partial charge in [0.2, 0.25) is 0 Å². The molecule has 0 radical (unpaired) electrons. The summed E-state index contributed by atoms with van der Waals surface area (Å²) in [5.41, 5.74) is 7.64. The van der Waals surface area contributed by atoms with E-state index in [0.29, 0.717) is 43.6 Å². The summed E-state index contributed by atoms with van der Waals surface area (Å²) in [6.45, 7) is 5.64. The van der Waals surface area contributed by atoms with Gasteiger partial charge < -0.3 is 25.3 Å². The molecule has 0 unspecified atom stereocenters. The minimum absolute atomic E-state index is 0.137. The van der Waals surface area contributed by atoms with Gasteiger partial charge in [-0.15, -0.1) is 0 Å². The lowest BCUT2D eigenvalue weighted by molar-refractivity contribution is 0.0996. The Morgan fingerprint density at radius 2 is 1.69 bits per heavy atom.